The molecule has 0 amide bonds. The third-order valence-corrected chi connectivity index (χ3v) is 10.9. The molecular weight excluding hydrogens is 589 g/mol. The summed E-state index contributed by atoms with van der Waals surface area (Å²) in [6.45, 7) is 5.63. The van der Waals surface area contributed by atoms with E-state index in [2.05, 4.69) is 22.1 Å². The first-order valence-electron chi connectivity index (χ1n) is 14.3. The van der Waals surface area contributed by atoms with E-state index in [1.165, 1.54) is 23.0 Å². The summed E-state index contributed by atoms with van der Waals surface area (Å²) < 4.78 is 72.8. The number of sulfonamides is 1. The summed E-state index contributed by atoms with van der Waals surface area (Å²) in [7, 11) is -3.33. The van der Waals surface area contributed by atoms with Crippen molar-refractivity contribution in [3.05, 3.63) is 47.7 Å². The van der Waals surface area contributed by atoms with Crippen LogP contribution in [0.3, 0.4) is 0 Å². The third-order valence-electron chi connectivity index (χ3n) is 8.01. The van der Waals surface area contributed by atoms with Crippen LogP contribution in [0.25, 0.3) is 10.2 Å². The number of rotatable bonds is 9. The zero-order valence-corrected chi connectivity index (χ0v) is 25.4. The molecule has 0 aliphatic carbocycles. The maximum Gasteiger partial charge on any atom is 0.417 e. The third kappa shape index (κ3) is 7.72. The molecule has 42 heavy (non-hydrogen) atoms. The molecule has 5 rings (SSSR count). The molecule has 0 saturated carbocycles. The number of piperidine rings is 2. The van der Waals surface area contributed by atoms with E-state index < -0.39 is 27.4 Å². The number of nitrogens with zero attached hydrogens (tertiary/aromatic N) is 4. The van der Waals surface area contributed by atoms with Crippen molar-refractivity contribution < 1.29 is 31.4 Å². The van der Waals surface area contributed by atoms with E-state index in [4.69, 9.17) is 4.74 Å². The van der Waals surface area contributed by atoms with Crippen molar-refractivity contribution in [3.63, 3.8) is 0 Å². The Balaban J connectivity index is 1.12. The minimum Gasteiger partial charge on any atom is -0.467 e. The molecule has 3 aromatic rings. The van der Waals surface area contributed by atoms with Gasteiger partial charge in [-0.05, 0) is 75.3 Å². The molecule has 1 aromatic carbocycles. The SMILES string of the molecule is CC(C)(O)CCCS(=O)(=O)N1CCC(c2ccc3nc(OC4CCN(c5ccc(C(F)(F)F)cn5)CC4)sc3c2)CC1. The predicted molar refractivity (Wildman–Crippen MR) is 158 cm³/mol. The fraction of sp³-hybridized carbons (Fsp3) is 0.586. The number of thiazole rings is 1. The number of pyridine rings is 1. The normalized spacial score (nSPS) is 18.6. The Morgan fingerprint density at radius 3 is 2.38 bits per heavy atom. The van der Waals surface area contributed by atoms with Gasteiger partial charge in [0.25, 0.3) is 5.19 Å². The molecule has 8 nitrogen and oxygen atoms in total. The van der Waals surface area contributed by atoms with Gasteiger partial charge in [0.05, 0.1) is 27.1 Å². The van der Waals surface area contributed by atoms with Crippen LogP contribution in [0.5, 0.6) is 5.19 Å². The van der Waals surface area contributed by atoms with E-state index in [-0.39, 0.29) is 17.8 Å². The van der Waals surface area contributed by atoms with Crippen molar-refractivity contribution in [1.29, 1.82) is 0 Å². The van der Waals surface area contributed by atoms with Gasteiger partial charge in [0.15, 0.2) is 0 Å². The van der Waals surface area contributed by atoms with E-state index in [1.54, 1.807) is 18.2 Å². The van der Waals surface area contributed by atoms with Crippen LogP contribution in [0.2, 0.25) is 0 Å². The minimum absolute atomic E-state index is 0.0366. The van der Waals surface area contributed by atoms with E-state index in [0.717, 1.165) is 35.3 Å². The molecule has 1 N–H and O–H groups in total. The first-order chi connectivity index (χ1) is 19.8. The van der Waals surface area contributed by atoms with Gasteiger partial charge in [0.1, 0.15) is 11.9 Å². The monoisotopic (exact) mass is 626 g/mol. The van der Waals surface area contributed by atoms with Crippen molar-refractivity contribution in [2.75, 3.05) is 36.8 Å². The van der Waals surface area contributed by atoms with Crippen LogP contribution in [0, 0.1) is 0 Å². The molecule has 2 saturated heterocycles. The van der Waals surface area contributed by atoms with Crippen LogP contribution in [-0.4, -0.2) is 71.4 Å². The van der Waals surface area contributed by atoms with E-state index >= 15 is 0 Å². The van der Waals surface area contributed by atoms with Crippen LogP contribution >= 0.6 is 11.3 Å². The maximum atomic E-state index is 12.8. The van der Waals surface area contributed by atoms with Crippen molar-refractivity contribution in [1.82, 2.24) is 14.3 Å². The Morgan fingerprint density at radius 1 is 1.05 bits per heavy atom. The predicted octanol–water partition coefficient (Wildman–Crippen LogP) is 5.82. The van der Waals surface area contributed by atoms with Gasteiger partial charge in [-0.15, -0.1) is 0 Å². The Morgan fingerprint density at radius 2 is 1.76 bits per heavy atom. The Hall–Kier alpha value is -2.48. The van der Waals surface area contributed by atoms with Gasteiger partial charge in [-0.2, -0.15) is 13.2 Å². The smallest absolute Gasteiger partial charge is 0.417 e. The van der Waals surface area contributed by atoms with Crippen molar-refractivity contribution in [3.8, 4) is 5.19 Å². The first kappa shape index (κ1) is 31.0. The summed E-state index contributed by atoms with van der Waals surface area (Å²) in [4.78, 5) is 10.6. The lowest BCUT2D eigenvalue weighted by molar-refractivity contribution is -0.137. The highest BCUT2D eigenvalue weighted by atomic mass is 32.2. The second-order valence-electron chi connectivity index (χ2n) is 11.8. The van der Waals surface area contributed by atoms with Gasteiger partial charge in [-0.3, -0.25) is 0 Å². The molecule has 0 bridgehead atoms. The van der Waals surface area contributed by atoms with E-state index in [9.17, 15) is 26.7 Å². The van der Waals surface area contributed by atoms with Crippen molar-refractivity contribution in [2.24, 2.45) is 0 Å². The van der Waals surface area contributed by atoms with Crippen LogP contribution in [0.1, 0.15) is 69.4 Å². The van der Waals surface area contributed by atoms with Gasteiger partial charge >= 0.3 is 6.18 Å². The first-order valence-corrected chi connectivity index (χ1v) is 16.7. The largest absolute Gasteiger partial charge is 0.467 e. The number of aliphatic hydroxyl groups is 1. The van der Waals surface area contributed by atoms with E-state index in [1.807, 2.05) is 11.0 Å². The standard InChI is InChI=1S/C29H37F3N4O4S2/c1-28(2,37)12-3-17-42(38,39)36-15-8-20(9-16-36)21-4-6-24-25(18-21)41-27(34-24)40-23-10-13-35(14-11-23)26-7-5-22(19-33-26)29(30,31)32/h4-7,18-20,23,37H,3,8-17H2,1-2H3. The van der Waals surface area contributed by atoms with Gasteiger partial charge in [-0.25, -0.2) is 22.7 Å². The number of alkyl halides is 3. The zero-order chi connectivity index (χ0) is 30.1. The summed E-state index contributed by atoms with van der Waals surface area (Å²) in [5.41, 5.74) is 0.415. The summed E-state index contributed by atoms with van der Waals surface area (Å²) in [5, 5.41) is 10.5. The summed E-state index contributed by atoms with van der Waals surface area (Å²) in [6, 6.07) is 8.67. The van der Waals surface area contributed by atoms with Crippen molar-refractivity contribution >= 4 is 37.4 Å². The maximum absolute atomic E-state index is 12.8. The molecule has 4 heterocycles. The fourth-order valence-corrected chi connectivity index (χ4v) is 8.06. The molecule has 0 radical (unpaired) electrons. The summed E-state index contributed by atoms with van der Waals surface area (Å²) in [6.07, 6.45) is 0.257. The van der Waals surface area contributed by atoms with E-state index in [0.29, 0.717) is 62.9 Å². The lowest BCUT2D eigenvalue weighted by Gasteiger charge is -2.32. The number of hydrogen-bond donors (Lipinski definition) is 1. The number of anilines is 1. The van der Waals surface area contributed by atoms with Gasteiger partial charge in [0, 0.05) is 45.2 Å². The quantitative estimate of drug-likeness (QED) is 0.320. The Bertz CT molecular complexity index is 1460. The zero-order valence-electron chi connectivity index (χ0n) is 23.8. The summed E-state index contributed by atoms with van der Waals surface area (Å²) in [5.74, 6) is 0.859. The van der Waals surface area contributed by atoms with Crippen LogP contribution in [0.15, 0.2) is 36.5 Å². The molecule has 230 valence electrons. The van der Waals surface area contributed by atoms with Crippen LogP contribution in [0.4, 0.5) is 19.0 Å². The number of halogens is 3. The second-order valence-corrected chi connectivity index (χ2v) is 14.9. The number of benzene rings is 1. The molecular formula is C29H37F3N4O4S2. The number of hydrogen-bond acceptors (Lipinski definition) is 8. The average Bonchev–Trinajstić information content (AvgIpc) is 3.34. The highest BCUT2D eigenvalue weighted by Gasteiger charge is 2.32. The number of ether oxygens (including phenoxy) is 1. The molecule has 2 aromatic heterocycles. The second kappa shape index (κ2) is 12.3. The fourth-order valence-electron chi connectivity index (χ4n) is 5.59. The molecule has 2 aliphatic rings. The lowest BCUT2D eigenvalue weighted by atomic mass is 9.90. The highest BCUT2D eigenvalue weighted by molar-refractivity contribution is 7.89. The molecule has 0 atom stereocenters. The number of fused-ring (bicyclic) bond motifs is 1. The van der Waals surface area contributed by atoms with Crippen molar-refractivity contribution in [2.45, 2.75) is 76.2 Å². The average molecular weight is 627 g/mol. The van der Waals surface area contributed by atoms with Gasteiger partial charge in [0.2, 0.25) is 10.0 Å². The van der Waals surface area contributed by atoms with Crippen LogP contribution < -0.4 is 9.64 Å². The Kier molecular flexibility index (Phi) is 9.03. The highest BCUT2D eigenvalue weighted by Crippen LogP contribution is 2.36. The minimum atomic E-state index is -4.40. The molecule has 2 fully saturated rings. The molecule has 13 heteroatoms. The van der Waals surface area contributed by atoms with Gasteiger partial charge < -0.3 is 14.7 Å². The number of aromatic nitrogens is 2. The molecule has 2 aliphatic heterocycles. The lowest BCUT2D eigenvalue weighted by Crippen LogP contribution is -2.39. The molecule has 0 unspecified atom stereocenters. The summed E-state index contributed by atoms with van der Waals surface area (Å²) >= 11 is 1.49. The molecule has 0 spiro atoms. The van der Waals surface area contributed by atoms with Crippen LogP contribution in [-0.2, 0) is 16.2 Å². The van der Waals surface area contributed by atoms with Gasteiger partial charge in [-0.1, -0.05) is 17.4 Å². The topological polar surface area (TPSA) is 95.9 Å². The Labute approximate surface area is 248 Å².